The van der Waals surface area contributed by atoms with Crippen molar-refractivity contribution < 1.29 is 19.4 Å². The highest BCUT2D eigenvalue weighted by atomic mass is 32.1. The van der Waals surface area contributed by atoms with Crippen molar-refractivity contribution in [1.29, 1.82) is 0 Å². The van der Waals surface area contributed by atoms with Crippen LogP contribution in [0.25, 0.3) is 0 Å². The van der Waals surface area contributed by atoms with E-state index >= 15 is 0 Å². The third kappa shape index (κ3) is 2.59. The summed E-state index contributed by atoms with van der Waals surface area (Å²) in [6, 6.07) is 1.68. The van der Waals surface area contributed by atoms with E-state index < -0.39 is 11.9 Å². The van der Waals surface area contributed by atoms with Gasteiger partial charge in [0.2, 0.25) is 0 Å². The van der Waals surface area contributed by atoms with Gasteiger partial charge in [0.1, 0.15) is 21.2 Å². The summed E-state index contributed by atoms with van der Waals surface area (Å²) in [6.07, 6.45) is 0. The number of carboxylic acid groups (broad SMARTS) is 1. The Morgan fingerprint density at radius 1 is 1.47 bits per heavy atom. The van der Waals surface area contributed by atoms with Gasteiger partial charge in [-0.1, -0.05) is 0 Å². The molecule has 6 nitrogen and oxygen atoms in total. The molecule has 0 radical (unpaired) electrons. The SMILES string of the molecule is COc1ccsc1C(=O)Nc1snc(C)c1C(=O)O. The lowest BCUT2D eigenvalue weighted by Gasteiger charge is -2.04. The third-order valence-electron chi connectivity index (χ3n) is 2.36. The van der Waals surface area contributed by atoms with Crippen LogP contribution in [0.1, 0.15) is 25.7 Å². The number of carbonyl (C=O) groups excluding carboxylic acids is 1. The number of aromatic nitrogens is 1. The number of anilines is 1. The van der Waals surface area contributed by atoms with Crippen LogP contribution >= 0.6 is 22.9 Å². The van der Waals surface area contributed by atoms with Crippen molar-refractivity contribution in [3.05, 3.63) is 27.6 Å². The average Bonchev–Trinajstić information content (AvgIpc) is 2.95. The van der Waals surface area contributed by atoms with Crippen LogP contribution in [-0.4, -0.2) is 28.5 Å². The van der Waals surface area contributed by atoms with E-state index in [0.29, 0.717) is 16.3 Å². The molecule has 19 heavy (non-hydrogen) atoms. The molecule has 0 unspecified atom stereocenters. The molecule has 0 saturated carbocycles. The van der Waals surface area contributed by atoms with Crippen molar-refractivity contribution in [2.75, 3.05) is 12.4 Å². The first-order valence-electron chi connectivity index (χ1n) is 5.17. The third-order valence-corrected chi connectivity index (χ3v) is 4.11. The molecule has 0 aliphatic carbocycles. The Kier molecular flexibility index (Phi) is 3.82. The zero-order chi connectivity index (χ0) is 14.0. The normalized spacial score (nSPS) is 10.2. The summed E-state index contributed by atoms with van der Waals surface area (Å²) in [7, 11) is 1.47. The number of hydrogen-bond donors (Lipinski definition) is 2. The predicted octanol–water partition coefficient (Wildman–Crippen LogP) is 2.47. The maximum Gasteiger partial charge on any atom is 0.340 e. The van der Waals surface area contributed by atoms with Crippen LogP contribution in [0.4, 0.5) is 5.00 Å². The van der Waals surface area contributed by atoms with E-state index in [9.17, 15) is 9.59 Å². The Bertz CT molecular complexity index is 632. The molecule has 0 aliphatic rings. The van der Waals surface area contributed by atoms with Crippen molar-refractivity contribution in [3.8, 4) is 5.75 Å². The summed E-state index contributed by atoms with van der Waals surface area (Å²) >= 11 is 2.17. The molecular formula is C11H10N2O4S2. The van der Waals surface area contributed by atoms with Crippen molar-refractivity contribution in [3.63, 3.8) is 0 Å². The number of aromatic carboxylic acids is 1. The van der Waals surface area contributed by atoms with Gasteiger partial charge < -0.3 is 15.2 Å². The van der Waals surface area contributed by atoms with Gasteiger partial charge in [0.25, 0.3) is 5.91 Å². The minimum Gasteiger partial charge on any atom is -0.495 e. The Labute approximate surface area is 116 Å². The van der Waals surface area contributed by atoms with Gasteiger partial charge in [-0.05, 0) is 29.9 Å². The van der Waals surface area contributed by atoms with Gasteiger partial charge in [-0.15, -0.1) is 11.3 Å². The lowest BCUT2D eigenvalue weighted by molar-refractivity contribution is 0.0697. The fraction of sp³-hybridized carbons (Fsp3) is 0.182. The summed E-state index contributed by atoms with van der Waals surface area (Å²) in [5.41, 5.74) is 0.403. The van der Waals surface area contributed by atoms with Crippen molar-refractivity contribution >= 4 is 39.7 Å². The summed E-state index contributed by atoms with van der Waals surface area (Å²) in [5, 5.41) is 13.6. The second kappa shape index (κ2) is 5.37. The number of thiophene rings is 1. The number of ether oxygens (including phenoxy) is 1. The minimum absolute atomic E-state index is 0.0221. The maximum absolute atomic E-state index is 12.0. The number of hydrogen-bond acceptors (Lipinski definition) is 6. The molecule has 0 spiro atoms. The standard InChI is InChI=1S/C11H10N2O4S2/c1-5-7(11(15)16)10(19-13-5)12-9(14)8-6(17-2)3-4-18-8/h3-4H,1-2H3,(H,12,14)(H,15,16). The molecule has 2 N–H and O–H groups in total. The fourth-order valence-electron chi connectivity index (χ4n) is 1.49. The highest BCUT2D eigenvalue weighted by Crippen LogP contribution is 2.29. The van der Waals surface area contributed by atoms with Crippen LogP contribution in [0.5, 0.6) is 5.75 Å². The second-order valence-corrected chi connectivity index (χ2v) is 5.24. The second-order valence-electron chi connectivity index (χ2n) is 3.55. The predicted molar refractivity (Wildman–Crippen MR) is 72.6 cm³/mol. The quantitative estimate of drug-likeness (QED) is 0.905. The number of aryl methyl sites for hydroxylation is 1. The highest BCUT2D eigenvalue weighted by molar-refractivity contribution is 7.13. The molecule has 2 aromatic rings. The summed E-state index contributed by atoms with van der Waals surface area (Å²) in [6.45, 7) is 1.58. The minimum atomic E-state index is -1.11. The summed E-state index contributed by atoms with van der Waals surface area (Å²) in [5.74, 6) is -1.06. The van der Waals surface area contributed by atoms with Crippen molar-refractivity contribution in [2.45, 2.75) is 6.92 Å². The van der Waals surface area contributed by atoms with E-state index in [1.54, 1.807) is 18.4 Å². The number of nitrogens with zero attached hydrogens (tertiary/aromatic N) is 1. The molecule has 0 atom stereocenters. The van der Waals surface area contributed by atoms with Gasteiger partial charge in [-0.25, -0.2) is 4.79 Å². The van der Waals surface area contributed by atoms with Crippen LogP contribution in [0.15, 0.2) is 11.4 Å². The molecule has 0 saturated heterocycles. The lowest BCUT2D eigenvalue weighted by atomic mass is 10.2. The molecule has 1 amide bonds. The van der Waals surface area contributed by atoms with E-state index in [4.69, 9.17) is 9.84 Å². The smallest absolute Gasteiger partial charge is 0.340 e. The van der Waals surface area contributed by atoms with E-state index in [1.165, 1.54) is 18.4 Å². The number of methoxy groups -OCH3 is 1. The first kappa shape index (κ1) is 13.5. The molecule has 0 fully saturated rings. The van der Waals surface area contributed by atoms with E-state index in [1.807, 2.05) is 0 Å². The molecule has 0 aliphatic heterocycles. The van der Waals surface area contributed by atoms with E-state index in [2.05, 4.69) is 9.69 Å². The first-order chi connectivity index (χ1) is 9.04. The van der Waals surface area contributed by atoms with Gasteiger partial charge in [0, 0.05) is 0 Å². The number of nitrogens with one attached hydrogen (secondary N) is 1. The zero-order valence-corrected chi connectivity index (χ0v) is 11.7. The molecule has 0 bridgehead atoms. The van der Waals surface area contributed by atoms with Crippen LogP contribution < -0.4 is 10.1 Å². The number of carbonyl (C=O) groups is 2. The van der Waals surface area contributed by atoms with Crippen LogP contribution in [0.3, 0.4) is 0 Å². The van der Waals surface area contributed by atoms with Gasteiger partial charge in [0.05, 0.1) is 12.8 Å². The van der Waals surface area contributed by atoms with Crippen molar-refractivity contribution in [1.82, 2.24) is 4.37 Å². The van der Waals surface area contributed by atoms with Gasteiger partial charge in [0.15, 0.2) is 0 Å². The monoisotopic (exact) mass is 298 g/mol. The largest absolute Gasteiger partial charge is 0.495 e. The van der Waals surface area contributed by atoms with Crippen molar-refractivity contribution in [2.24, 2.45) is 0 Å². The summed E-state index contributed by atoms with van der Waals surface area (Å²) < 4.78 is 8.98. The Morgan fingerprint density at radius 2 is 2.21 bits per heavy atom. The summed E-state index contributed by atoms with van der Waals surface area (Å²) in [4.78, 5) is 23.5. The maximum atomic E-state index is 12.0. The first-order valence-corrected chi connectivity index (χ1v) is 6.82. The van der Waals surface area contributed by atoms with Crippen LogP contribution in [0, 0.1) is 6.92 Å². The fourth-order valence-corrected chi connectivity index (χ4v) is 3.03. The Hall–Kier alpha value is -1.93. The topological polar surface area (TPSA) is 88.5 Å². The molecule has 0 aromatic carbocycles. The average molecular weight is 298 g/mol. The van der Waals surface area contributed by atoms with Gasteiger partial charge >= 0.3 is 5.97 Å². The number of amides is 1. The number of carboxylic acids is 1. The van der Waals surface area contributed by atoms with Gasteiger partial charge in [-0.3, -0.25) is 4.79 Å². The highest BCUT2D eigenvalue weighted by Gasteiger charge is 2.21. The molecule has 2 heterocycles. The van der Waals surface area contributed by atoms with E-state index in [-0.39, 0.29) is 10.6 Å². The lowest BCUT2D eigenvalue weighted by Crippen LogP contribution is -2.13. The molecule has 8 heteroatoms. The Morgan fingerprint density at radius 3 is 2.84 bits per heavy atom. The van der Waals surface area contributed by atoms with Gasteiger partial charge in [-0.2, -0.15) is 4.37 Å². The molecule has 2 aromatic heterocycles. The van der Waals surface area contributed by atoms with Crippen LogP contribution in [-0.2, 0) is 0 Å². The number of rotatable bonds is 4. The molecular weight excluding hydrogens is 288 g/mol. The zero-order valence-electron chi connectivity index (χ0n) is 10.1. The Balaban J connectivity index is 2.27. The molecule has 2 rings (SSSR count). The van der Waals surface area contributed by atoms with Crippen LogP contribution in [0.2, 0.25) is 0 Å². The molecule has 100 valence electrons. The van der Waals surface area contributed by atoms with E-state index in [0.717, 1.165) is 11.5 Å².